The lowest BCUT2D eigenvalue weighted by Gasteiger charge is -2.07. The Hall–Kier alpha value is -3.67. The first-order valence-electron chi connectivity index (χ1n) is 8.98. The quantitative estimate of drug-likeness (QED) is 0.492. The molecule has 2 amide bonds. The molecule has 0 aliphatic carbocycles. The third kappa shape index (κ3) is 4.94. The van der Waals surface area contributed by atoms with E-state index in [2.05, 4.69) is 15.8 Å². The largest absolute Gasteiger partial charge is 0.494 e. The van der Waals surface area contributed by atoms with E-state index in [0.29, 0.717) is 12.2 Å². The van der Waals surface area contributed by atoms with Gasteiger partial charge in [-0.2, -0.15) is 5.10 Å². The second kappa shape index (κ2) is 9.32. The normalized spacial score (nSPS) is 10.8. The summed E-state index contributed by atoms with van der Waals surface area (Å²) in [6.07, 6.45) is 1.53. The Morgan fingerprint density at radius 3 is 2.54 bits per heavy atom. The summed E-state index contributed by atoms with van der Waals surface area (Å²) in [4.78, 5) is 24.3. The molecular weight excluding hydrogens is 354 g/mol. The van der Waals surface area contributed by atoms with Crippen LogP contribution in [0.25, 0.3) is 10.8 Å². The Kier molecular flexibility index (Phi) is 6.36. The fraction of sp³-hybridized carbons (Fsp3) is 0.136. The van der Waals surface area contributed by atoms with Crippen LogP contribution >= 0.6 is 0 Å². The van der Waals surface area contributed by atoms with E-state index in [4.69, 9.17) is 4.74 Å². The summed E-state index contributed by atoms with van der Waals surface area (Å²) in [5.74, 6) is 0.0676. The molecule has 0 unspecified atom stereocenters. The van der Waals surface area contributed by atoms with Crippen molar-refractivity contribution in [1.82, 2.24) is 10.7 Å². The molecule has 6 nitrogen and oxygen atoms in total. The number of hydrogen-bond donors (Lipinski definition) is 2. The lowest BCUT2D eigenvalue weighted by Crippen LogP contribution is -2.35. The first-order chi connectivity index (χ1) is 13.7. The molecule has 0 atom stereocenters. The third-order valence-electron chi connectivity index (χ3n) is 4.04. The monoisotopic (exact) mass is 375 g/mol. The molecule has 2 N–H and O–H groups in total. The number of fused-ring (bicyclic) bond motifs is 1. The lowest BCUT2D eigenvalue weighted by molar-refractivity contribution is -0.120. The minimum Gasteiger partial charge on any atom is -0.494 e. The molecule has 0 aliphatic rings. The fourth-order valence-corrected chi connectivity index (χ4v) is 2.71. The van der Waals surface area contributed by atoms with Crippen LogP contribution in [0.2, 0.25) is 0 Å². The van der Waals surface area contributed by atoms with Crippen molar-refractivity contribution >= 4 is 28.8 Å². The van der Waals surface area contributed by atoms with E-state index in [1.54, 1.807) is 6.07 Å². The summed E-state index contributed by atoms with van der Waals surface area (Å²) in [5, 5.41) is 8.34. The number of ether oxygens (including phenoxy) is 1. The summed E-state index contributed by atoms with van der Waals surface area (Å²) in [5.41, 5.74) is 3.75. The fourth-order valence-electron chi connectivity index (χ4n) is 2.71. The maximum atomic E-state index is 12.4. The van der Waals surface area contributed by atoms with Crippen LogP contribution in [0.4, 0.5) is 0 Å². The van der Waals surface area contributed by atoms with Gasteiger partial charge in [0, 0.05) is 5.56 Å². The average molecular weight is 375 g/mol. The van der Waals surface area contributed by atoms with Crippen LogP contribution in [0.5, 0.6) is 5.75 Å². The molecule has 0 radical (unpaired) electrons. The molecule has 0 aliphatic heterocycles. The number of benzene rings is 3. The second-order valence-corrected chi connectivity index (χ2v) is 6.00. The van der Waals surface area contributed by atoms with Crippen LogP contribution < -0.4 is 15.5 Å². The smallest absolute Gasteiger partial charge is 0.259 e. The van der Waals surface area contributed by atoms with Crippen LogP contribution in [0.1, 0.15) is 22.8 Å². The predicted octanol–water partition coefficient (Wildman–Crippen LogP) is 3.12. The van der Waals surface area contributed by atoms with Crippen molar-refractivity contribution in [1.29, 1.82) is 0 Å². The zero-order valence-corrected chi connectivity index (χ0v) is 15.5. The molecule has 3 aromatic carbocycles. The second-order valence-electron chi connectivity index (χ2n) is 6.00. The number of nitrogens with one attached hydrogen (secondary N) is 2. The van der Waals surface area contributed by atoms with Crippen LogP contribution in [-0.2, 0) is 4.79 Å². The number of amides is 2. The van der Waals surface area contributed by atoms with E-state index < -0.39 is 5.91 Å². The van der Waals surface area contributed by atoms with Crippen molar-refractivity contribution in [2.45, 2.75) is 6.92 Å². The van der Waals surface area contributed by atoms with Gasteiger partial charge in [-0.3, -0.25) is 9.59 Å². The SMILES string of the molecule is CCOc1ccc(/C=N/NC(=O)CNC(=O)c2cccc3ccccc23)cc1. The minimum absolute atomic E-state index is 0.164. The van der Waals surface area contributed by atoms with Crippen molar-refractivity contribution in [3.8, 4) is 5.75 Å². The van der Waals surface area contributed by atoms with Gasteiger partial charge in [0.15, 0.2) is 0 Å². The van der Waals surface area contributed by atoms with Gasteiger partial charge in [-0.1, -0.05) is 36.4 Å². The minimum atomic E-state index is -0.407. The van der Waals surface area contributed by atoms with Crippen molar-refractivity contribution in [3.63, 3.8) is 0 Å². The zero-order chi connectivity index (χ0) is 19.8. The zero-order valence-electron chi connectivity index (χ0n) is 15.5. The number of hydrazone groups is 1. The Balaban J connectivity index is 1.51. The van der Waals surface area contributed by atoms with Gasteiger partial charge in [-0.15, -0.1) is 0 Å². The average Bonchev–Trinajstić information content (AvgIpc) is 2.73. The predicted molar refractivity (Wildman–Crippen MR) is 110 cm³/mol. The Morgan fingerprint density at radius 2 is 1.75 bits per heavy atom. The number of hydrogen-bond acceptors (Lipinski definition) is 4. The van der Waals surface area contributed by atoms with Crippen LogP contribution in [0.3, 0.4) is 0 Å². The highest BCUT2D eigenvalue weighted by atomic mass is 16.5. The van der Waals surface area contributed by atoms with Gasteiger partial charge in [0.05, 0.1) is 19.4 Å². The topological polar surface area (TPSA) is 79.8 Å². The molecule has 0 saturated carbocycles. The van der Waals surface area contributed by atoms with Gasteiger partial charge in [-0.25, -0.2) is 5.43 Å². The highest BCUT2D eigenvalue weighted by molar-refractivity contribution is 6.07. The van der Waals surface area contributed by atoms with Crippen LogP contribution in [-0.4, -0.2) is 31.2 Å². The van der Waals surface area contributed by atoms with E-state index in [-0.39, 0.29) is 12.5 Å². The van der Waals surface area contributed by atoms with Gasteiger partial charge >= 0.3 is 0 Å². The standard InChI is InChI=1S/C22H21N3O3/c1-2-28-18-12-10-16(11-13-18)14-24-25-21(26)15-23-22(27)20-9-5-7-17-6-3-4-8-19(17)20/h3-14H,2,15H2,1H3,(H,23,27)(H,25,26)/b24-14+. The van der Waals surface area contributed by atoms with Crippen LogP contribution in [0, 0.1) is 0 Å². The van der Waals surface area contributed by atoms with Gasteiger partial charge < -0.3 is 10.1 Å². The Labute approximate surface area is 163 Å². The van der Waals surface area contributed by atoms with E-state index >= 15 is 0 Å². The summed E-state index contributed by atoms with van der Waals surface area (Å²) in [6.45, 7) is 2.36. The van der Waals surface area contributed by atoms with E-state index in [0.717, 1.165) is 22.1 Å². The molecule has 6 heteroatoms. The van der Waals surface area contributed by atoms with Gasteiger partial charge in [0.1, 0.15) is 5.75 Å². The van der Waals surface area contributed by atoms with Gasteiger partial charge in [-0.05, 0) is 53.6 Å². The molecule has 0 bridgehead atoms. The summed E-state index contributed by atoms with van der Waals surface area (Å²) in [6, 6.07) is 20.4. The molecular formula is C22H21N3O3. The Morgan fingerprint density at radius 1 is 1.00 bits per heavy atom. The number of nitrogens with zero attached hydrogens (tertiary/aromatic N) is 1. The molecule has 142 valence electrons. The molecule has 3 aromatic rings. The molecule has 0 aromatic heterocycles. The Bertz CT molecular complexity index is 992. The first kappa shape index (κ1) is 19.1. The van der Waals surface area contributed by atoms with E-state index in [1.165, 1.54) is 6.21 Å². The van der Waals surface area contributed by atoms with Crippen LogP contribution in [0.15, 0.2) is 71.8 Å². The number of carbonyl (C=O) groups excluding carboxylic acids is 2. The van der Waals surface area contributed by atoms with Crippen molar-refractivity contribution in [2.75, 3.05) is 13.2 Å². The first-order valence-corrected chi connectivity index (χ1v) is 8.98. The highest BCUT2D eigenvalue weighted by Crippen LogP contribution is 2.18. The molecule has 0 fully saturated rings. The van der Waals surface area contributed by atoms with Crippen molar-refractivity contribution in [3.05, 3.63) is 77.9 Å². The number of carbonyl (C=O) groups is 2. The van der Waals surface area contributed by atoms with Crippen molar-refractivity contribution < 1.29 is 14.3 Å². The van der Waals surface area contributed by atoms with Crippen molar-refractivity contribution in [2.24, 2.45) is 5.10 Å². The third-order valence-corrected chi connectivity index (χ3v) is 4.04. The maximum Gasteiger partial charge on any atom is 0.259 e. The highest BCUT2D eigenvalue weighted by Gasteiger charge is 2.10. The summed E-state index contributed by atoms with van der Waals surface area (Å²) >= 11 is 0. The summed E-state index contributed by atoms with van der Waals surface area (Å²) < 4.78 is 5.37. The molecule has 28 heavy (non-hydrogen) atoms. The molecule has 0 spiro atoms. The van der Waals surface area contributed by atoms with E-state index in [9.17, 15) is 9.59 Å². The maximum absolute atomic E-state index is 12.4. The molecule has 3 rings (SSSR count). The van der Waals surface area contributed by atoms with Gasteiger partial charge in [0.2, 0.25) is 0 Å². The lowest BCUT2D eigenvalue weighted by atomic mass is 10.0. The van der Waals surface area contributed by atoms with Gasteiger partial charge in [0.25, 0.3) is 11.8 Å². The van der Waals surface area contributed by atoms with E-state index in [1.807, 2.05) is 67.6 Å². The molecule has 0 heterocycles. The number of rotatable bonds is 7. The summed E-state index contributed by atoms with van der Waals surface area (Å²) in [7, 11) is 0. The molecule has 0 saturated heterocycles.